The lowest BCUT2D eigenvalue weighted by Crippen LogP contribution is -2.33. The highest BCUT2D eigenvalue weighted by Crippen LogP contribution is 2.31. The summed E-state index contributed by atoms with van der Waals surface area (Å²) < 4.78 is 1.82. The van der Waals surface area contributed by atoms with Crippen molar-refractivity contribution >= 4 is 28.5 Å². The van der Waals surface area contributed by atoms with Crippen LogP contribution in [0.15, 0.2) is 30.6 Å². The maximum absolute atomic E-state index is 13.2. The molecule has 0 atom stereocenters. The third-order valence-electron chi connectivity index (χ3n) is 6.71. The van der Waals surface area contributed by atoms with E-state index >= 15 is 0 Å². The van der Waals surface area contributed by atoms with E-state index < -0.39 is 0 Å². The number of anilines is 1. The monoisotopic (exact) mass is 448 g/mol. The fourth-order valence-electron chi connectivity index (χ4n) is 4.50. The third-order valence-corrected chi connectivity index (χ3v) is 6.71. The number of aromatic nitrogens is 3. The van der Waals surface area contributed by atoms with Gasteiger partial charge in [0.05, 0.1) is 22.8 Å². The van der Waals surface area contributed by atoms with E-state index in [1.165, 1.54) is 11.1 Å². The Balaban J connectivity index is 1.58. The first-order chi connectivity index (χ1) is 15.9. The molecule has 0 spiro atoms. The van der Waals surface area contributed by atoms with Gasteiger partial charge in [-0.1, -0.05) is 18.2 Å². The number of hydrogen-bond donors (Lipinski definition) is 3. The first-order valence-corrected chi connectivity index (χ1v) is 11.6. The molecular formula is C25H32N6O2. The number of benzene rings is 1. The maximum Gasteiger partial charge on any atom is 0.255 e. The zero-order valence-corrected chi connectivity index (χ0v) is 19.5. The molecule has 8 nitrogen and oxygen atoms in total. The second-order valence-electron chi connectivity index (χ2n) is 8.94. The van der Waals surface area contributed by atoms with Gasteiger partial charge in [-0.2, -0.15) is 5.10 Å². The molecule has 2 aromatic heterocycles. The van der Waals surface area contributed by atoms with Crippen LogP contribution in [0.3, 0.4) is 0 Å². The van der Waals surface area contributed by atoms with Crippen LogP contribution >= 0.6 is 0 Å². The van der Waals surface area contributed by atoms with Gasteiger partial charge < -0.3 is 16.4 Å². The minimum atomic E-state index is -0.226. The van der Waals surface area contributed by atoms with Gasteiger partial charge >= 0.3 is 0 Å². The Morgan fingerprint density at radius 1 is 1.12 bits per heavy atom. The third kappa shape index (κ3) is 4.84. The first kappa shape index (κ1) is 22.8. The van der Waals surface area contributed by atoms with Crippen LogP contribution in [0.5, 0.6) is 0 Å². The van der Waals surface area contributed by atoms with E-state index in [0.717, 1.165) is 48.0 Å². The van der Waals surface area contributed by atoms with Gasteiger partial charge in [0.2, 0.25) is 5.91 Å². The van der Waals surface area contributed by atoms with Crippen LogP contribution in [0.4, 0.5) is 5.69 Å². The van der Waals surface area contributed by atoms with Gasteiger partial charge in [0.15, 0.2) is 5.65 Å². The predicted molar refractivity (Wildman–Crippen MR) is 129 cm³/mol. The average Bonchev–Trinajstić information content (AvgIpc) is 3.24. The first-order valence-electron chi connectivity index (χ1n) is 11.6. The van der Waals surface area contributed by atoms with Crippen LogP contribution in [-0.4, -0.2) is 32.6 Å². The fourth-order valence-corrected chi connectivity index (χ4v) is 4.50. The second kappa shape index (κ2) is 9.60. The number of hydrogen-bond acceptors (Lipinski definition) is 5. The predicted octanol–water partition coefficient (Wildman–Crippen LogP) is 3.45. The minimum Gasteiger partial charge on any atom is -0.381 e. The molecule has 1 aromatic carbocycles. The number of carbonyl (C=O) groups excluding carboxylic acids is 2. The number of nitrogens with one attached hydrogen (secondary N) is 2. The summed E-state index contributed by atoms with van der Waals surface area (Å²) in [6, 6.07) is 6.35. The Morgan fingerprint density at radius 3 is 2.55 bits per heavy atom. The van der Waals surface area contributed by atoms with Gasteiger partial charge in [0, 0.05) is 31.2 Å². The number of rotatable bonds is 7. The second-order valence-corrected chi connectivity index (χ2v) is 8.94. The molecule has 3 aromatic rings. The van der Waals surface area contributed by atoms with Crippen molar-refractivity contribution in [1.29, 1.82) is 0 Å². The Labute approximate surface area is 193 Å². The van der Waals surface area contributed by atoms with Gasteiger partial charge in [0.25, 0.3) is 5.91 Å². The van der Waals surface area contributed by atoms with Gasteiger partial charge in [-0.05, 0) is 63.1 Å². The van der Waals surface area contributed by atoms with Gasteiger partial charge in [-0.3, -0.25) is 9.59 Å². The summed E-state index contributed by atoms with van der Waals surface area (Å²) in [6.45, 7) is 7.28. The van der Waals surface area contributed by atoms with Crippen molar-refractivity contribution in [2.75, 3.05) is 5.32 Å². The number of primary amides is 1. The zero-order valence-electron chi connectivity index (χ0n) is 19.5. The molecule has 1 fully saturated rings. The highest BCUT2D eigenvalue weighted by Gasteiger charge is 2.27. The highest BCUT2D eigenvalue weighted by atomic mass is 16.2. The average molecular weight is 449 g/mol. The molecule has 2 amide bonds. The van der Waals surface area contributed by atoms with Crippen molar-refractivity contribution in [3.05, 3.63) is 52.8 Å². The smallest absolute Gasteiger partial charge is 0.255 e. The fraction of sp³-hybridized carbons (Fsp3) is 0.440. The number of carbonyl (C=O) groups is 2. The number of pyridine rings is 1. The molecular weight excluding hydrogens is 416 g/mol. The number of amides is 2. The molecule has 0 saturated heterocycles. The van der Waals surface area contributed by atoms with Crippen LogP contribution < -0.4 is 16.4 Å². The van der Waals surface area contributed by atoms with Gasteiger partial charge in [0.1, 0.15) is 0 Å². The molecule has 4 N–H and O–H groups in total. The van der Waals surface area contributed by atoms with Crippen LogP contribution in [0.1, 0.15) is 59.7 Å². The maximum atomic E-state index is 13.2. The molecule has 1 saturated carbocycles. The van der Waals surface area contributed by atoms with Crippen LogP contribution in [0.2, 0.25) is 0 Å². The molecule has 0 unspecified atom stereocenters. The summed E-state index contributed by atoms with van der Waals surface area (Å²) in [6.07, 6.45) is 6.55. The van der Waals surface area contributed by atoms with Crippen molar-refractivity contribution in [2.45, 2.75) is 65.6 Å². The van der Waals surface area contributed by atoms with Crippen molar-refractivity contribution in [2.24, 2.45) is 11.7 Å². The summed E-state index contributed by atoms with van der Waals surface area (Å²) in [5, 5.41) is 11.9. The lowest BCUT2D eigenvalue weighted by Gasteiger charge is -2.29. The van der Waals surface area contributed by atoms with Gasteiger partial charge in [-0.25, -0.2) is 9.67 Å². The number of nitrogens with two attached hydrogens (primary N) is 1. The standard InChI is InChI=1S/C25H32N6O2/c1-4-31-24-20(14-29-31)22(30-19-9-7-18(8-10-19)23(26)32)21(13-27-24)25(33)28-12-17-6-5-15(2)16(3)11-17/h5-6,11,13-14,18-19H,4,7-10,12H2,1-3H3,(H2,26,32)(H,27,30)(H,28,33). The normalized spacial score (nSPS) is 18.3. The van der Waals surface area contributed by atoms with Crippen LogP contribution in [-0.2, 0) is 17.9 Å². The molecule has 33 heavy (non-hydrogen) atoms. The summed E-state index contributed by atoms with van der Waals surface area (Å²) in [5.41, 5.74) is 11.0. The topological polar surface area (TPSA) is 115 Å². The van der Waals surface area contributed by atoms with E-state index in [0.29, 0.717) is 18.7 Å². The molecule has 0 bridgehead atoms. The Bertz CT molecular complexity index is 1180. The van der Waals surface area contributed by atoms with Crippen LogP contribution in [0.25, 0.3) is 11.0 Å². The molecule has 1 aliphatic rings. The zero-order chi connectivity index (χ0) is 23.5. The van der Waals surface area contributed by atoms with E-state index in [-0.39, 0.29) is 23.8 Å². The largest absolute Gasteiger partial charge is 0.381 e. The van der Waals surface area contributed by atoms with E-state index in [2.05, 4.69) is 46.7 Å². The molecule has 1 aliphatic carbocycles. The summed E-state index contributed by atoms with van der Waals surface area (Å²) in [7, 11) is 0. The van der Waals surface area contributed by atoms with Crippen LogP contribution in [0, 0.1) is 19.8 Å². The van der Waals surface area contributed by atoms with Crippen molar-refractivity contribution in [3.63, 3.8) is 0 Å². The van der Waals surface area contributed by atoms with E-state index in [1.807, 2.05) is 17.7 Å². The van der Waals surface area contributed by atoms with Crippen molar-refractivity contribution in [3.8, 4) is 0 Å². The Hall–Kier alpha value is -3.42. The van der Waals surface area contributed by atoms with E-state index in [4.69, 9.17) is 5.73 Å². The number of fused-ring (bicyclic) bond motifs is 1. The molecule has 4 rings (SSSR count). The molecule has 0 radical (unpaired) electrons. The van der Waals surface area contributed by atoms with E-state index in [1.54, 1.807) is 12.4 Å². The van der Waals surface area contributed by atoms with E-state index in [9.17, 15) is 9.59 Å². The van der Waals surface area contributed by atoms with Gasteiger partial charge in [-0.15, -0.1) is 0 Å². The molecule has 2 heterocycles. The summed E-state index contributed by atoms with van der Waals surface area (Å²) in [4.78, 5) is 29.3. The molecule has 174 valence electrons. The quantitative estimate of drug-likeness (QED) is 0.512. The lowest BCUT2D eigenvalue weighted by molar-refractivity contribution is -0.122. The lowest BCUT2D eigenvalue weighted by atomic mass is 9.85. The minimum absolute atomic E-state index is 0.0657. The molecule has 0 aliphatic heterocycles. The number of aryl methyl sites for hydroxylation is 3. The highest BCUT2D eigenvalue weighted by molar-refractivity contribution is 6.06. The molecule has 8 heteroatoms. The Morgan fingerprint density at radius 2 is 1.88 bits per heavy atom. The van der Waals surface area contributed by atoms with Crippen molar-refractivity contribution < 1.29 is 9.59 Å². The summed E-state index contributed by atoms with van der Waals surface area (Å²) >= 11 is 0. The number of nitrogens with zero attached hydrogens (tertiary/aromatic N) is 3. The Kier molecular flexibility index (Phi) is 6.62. The summed E-state index contributed by atoms with van der Waals surface area (Å²) in [5.74, 6) is -0.473. The SMILES string of the molecule is CCn1ncc2c(NC3CCC(C(N)=O)CC3)c(C(=O)NCc3ccc(C)c(C)c3)cnc21. The van der Waals surface area contributed by atoms with Crippen molar-refractivity contribution in [1.82, 2.24) is 20.1 Å².